The van der Waals surface area contributed by atoms with Crippen LogP contribution in [0.1, 0.15) is 5.56 Å². The summed E-state index contributed by atoms with van der Waals surface area (Å²) < 4.78 is 5.38. The van der Waals surface area contributed by atoms with Crippen molar-refractivity contribution >= 4 is 18.7 Å². The molecule has 3 heteroatoms. The van der Waals surface area contributed by atoms with E-state index in [1.54, 1.807) is 0 Å². The Hall–Kier alpha value is -0.260. The first-order valence-electron chi connectivity index (χ1n) is 3.33. The lowest BCUT2D eigenvalue weighted by atomic mass is 10.2. The van der Waals surface area contributed by atoms with Crippen molar-refractivity contribution in [3.05, 3.63) is 29.8 Å². The third kappa shape index (κ3) is 2.69. The van der Waals surface area contributed by atoms with Gasteiger partial charge in [0.25, 0.3) is 0 Å². The summed E-state index contributed by atoms with van der Waals surface area (Å²) in [6, 6.07) is 7.86. The van der Waals surface area contributed by atoms with E-state index in [0.29, 0.717) is 0 Å². The zero-order valence-electron chi connectivity index (χ0n) is 6.54. The predicted octanol–water partition coefficient (Wildman–Crippen LogP) is 3.55. The lowest BCUT2D eigenvalue weighted by molar-refractivity contribution is 0.625. The standard InChI is InChI=1S/C8H10ClOP/c1-7-5-3-4-6-8(7)10-11(2)9/h3-6H,1-2H3. The Morgan fingerprint density at radius 2 is 2.00 bits per heavy atom. The molecule has 0 amide bonds. The van der Waals surface area contributed by atoms with Crippen LogP contribution >= 0.6 is 18.7 Å². The van der Waals surface area contributed by atoms with Crippen molar-refractivity contribution in [3.8, 4) is 5.75 Å². The second-order valence-electron chi connectivity index (χ2n) is 2.28. The van der Waals surface area contributed by atoms with Gasteiger partial charge in [-0.15, -0.1) is 0 Å². The number of para-hydroxylation sites is 1. The fraction of sp³-hybridized carbons (Fsp3) is 0.250. The van der Waals surface area contributed by atoms with Crippen LogP contribution < -0.4 is 4.52 Å². The van der Waals surface area contributed by atoms with E-state index < -0.39 is 7.50 Å². The highest BCUT2D eigenvalue weighted by atomic mass is 35.7. The van der Waals surface area contributed by atoms with Crippen LogP contribution in [0.4, 0.5) is 0 Å². The number of halogens is 1. The van der Waals surface area contributed by atoms with E-state index in [1.807, 2.05) is 37.9 Å². The molecule has 0 radical (unpaired) electrons. The van der Waals surface area contributed by atoms with Crippen molar-refractivity contribution in [2.75, 3.05) is 6.66 Å². The summed E-state index contributed by atoms with van der Waals surface area (Å²) in [6.45, 7) is 3.87. The van der Waals surface area contributed by atoms with Crippen LogP contribution in [0.5, 0.6) is 5.75 Å². The number of aryl methyl sites for hydroxylation is 1. The molecule has 11 heavy (non-hydrogen) atoms. The summed E-state index contributed by atoms with van der Waals surface area (Å²) in [5, 5.41) is 0. The van der Waals surface area contributed by atoms with E-state index in [0.717, 1.165) is 11.3 Å². The monoisotopic (exact) mass is 188 g/mol. The molecule has 0 spiro atoms. The molecule has 0 aliphatic rings. The summed E-state index contributed by atoms with van der Waals surface area (Å²) in [5.41, 5.74) is 1.13. The molecule has 1 unspecified atom stereocenters. The van der Waals surface area contributed by atoms with Gasteiger partial charge >= 0.3 is 0 Å². The van der Waals surface area contributed by atoms with Gasteiger partial charge in [0.15, 0.2) is 7.50 Å². The first kappa shape index (κ1) is 8.83. The highest BCUT2D eigenvalue weighted by Crippen LogP contribution is 2.39. The van der Waals surface area contributed by atoms with Gasteiger partial charge in [0.1, 0.15) is 5.75 Å². The van der Waals surface area contributed by atoms with Gasteiger partial charge < -0.3 is 4.52 Å². The minimum atomic E-state index is -0.821. The molecule has 0 fully saturated rings. The van der Waals surface area contributed by atoms with Gasteiger partial charge in [-0.05, 0) is 18.6 Å². The Balaban J connectivity index is 2.78. The van der Waals surface area contributed by atoms with Gasteiger partial charge in [0, 0.05) is 6.66 Å². The van der Waals surface area contributed by atoms with E-state index in [-0.39, 0.29) is 0 Å². The Labute approximate surface area is 73.0 Å². The molecule has 0 heterocycles. The van der Waals surface area contributed by atoms with Crippen molar-refractivity contribution in [1.29, 1.82) is 0 Å². The van der Waals surface area contributed by atoms with Crippen molar-refractivity contribution < 1.29 is 4.52 Å². The van der Waals surface area contributed by atoms with Gasteiger partial charge in [-0.3, -0.25) is 0 Å². The molecule has 0 bridgehead atoms. The fourth-order valence-electron chi connectivity index (χ4n) is 0.794. The summed E-state index contributed by atoms with van der Waals surface area (Å²) in [5.74, 6) is 0.885. The summed E-state index contributed by atoms with van der Waals surface area (Å²) >= 11 is 5.73. The minimum Gasteiger partial charge on any atom is -0.458 e. The van der Waals surface area contributed by atoms with Crippen LogP contribution in [0.2, 0.25) is 0 Å². The Kier molecular flexibility index (Phi) is 3.16. The smallest absolute Gasteiger partial charge is 0.179 e. The van der Waals surface area contributed by atoms with Crippen molar-refractivity contribution in [2.45, 2.75) is 6.92 Å². The van der Waals surface area contributed by atoms with E-state index in [9.17, 15) is 0 Å². The summed E-state index contributed by atoms with van der Waals surface area (Å²) in [4.78, 5) is 0. The Morgan fingerprint density at radius 1 is 1.36 bits per heavy atom. The van der Waals surface area contributed by atoms with Crippen molar-refractivity contribution in [3.63, 3.8) is 0 Å². The maximum atomic E-state index is 5.73. The van der Waals surface area contributed by atoms with Crippen LogP contribution in [0.3, 0.4) is 0 Å². The fourth-order valence-corrected chi connectivity index (χ4v) is 1.49. The molecule has 1 aromatic carbocycles. The third-order valence-corrected chi connectivity index (χ3v) is 1.97. The zero-order chi connectivity index (χ0) is 8.27. The number of benzene rings is 1. The van der Waals surface area contributed by atoms with Crippen LogP contribution in [-0.4, -0.2) is 6.66 Å². The zero-order valence-corrected chi connectivity index (χ0v) is 8.19. The number of hydrogen-bond acceptors (Lipinski definition) is 1. The maximum absolute atomic E-state index is 5.73. The van der Waals surface area contributed by atoms with Gasteiger partial charge in [-0.2, -0.15) is 0 Å². The molecule has 0 aliphatic heterocycles. The van der Waals surface area contributed by atoms with Crippen LogP contribution in [-0.2, 0) is 0 Å². The lowest BCUT2D eigenvalue weighted by Crippen LogP contribution is -1.83. The quantitative estimate of drug-likeness (QED) is 0.645. The van der Waals surface area contributed by atoms with Gasteiger partial charge in [-0.1, -0.05) is 29.4 Å². The molecular weight excluding hydrogens is 179 g/mol. The molecule has 60 valence electrons. The first-order chi connectivity index (χ1) is 5.20. The second kappa shape index (κ2) is 3.94. The van der Waals surface area contributed by atoms with Crippen molar-refractivity contribution in [2.24, 2.45) is 0 Å². The van der Waals surface area contributed by atoms with Gasteiger partial charge in [-0.25, -0.2) is 0 Å². The van der Waals surface area contributed by atoms with Crippen LogP contribution in [0, 0.1) is 6.92 Å². The lowest BCUT2D eigenvalue weighted by Gasteiger charge is -2.08. The summed E-state index contributed by atoms with van der Waals surface area (Å²) in [6.07, 6.45) is 0. The third-order valence-electron chi connectivity index (χ3n) is 1.32. The molecule has 0 saturated heterocycles. The topological polar surface area (TPSA) is 9.23 Å². The number of rotatable bonds is 2. The molecule has 0 saturated carbocycles. The molecule has 1 atom stereocenters. The van der Waals surface area contributed by atoms with Crippen LogP contribution in [0.15, 0.2) is 24.3 Å². The average Bonchev–Trinajstić information content (AvgIpc) is 1.93. The van der Waals surface area contributed by atoms with E-state index in [1.165, 1.54) is 0 Å². The van der Waals surface area contributed by atoms with E-state index in [2.05, 4.69) is 0 Å². The molecule has 0 aromatic heterocycles. The van der Waals surface area contributed by atoms with E-state index >= 15 is 0 Å². The Morgan fingerprint density at radius 3 is 2.55 bits per heavy atom. The highest BCUT2D eigenvalue weighted by Gasteiger charge is 2.00. The minimum absolute atomic E-state index is 0.821. The van der Waals surface area contributed by atoms with Gasteiger partial charge in [0.05, 0.1) is 0 Å². The average molecular weight is 189 g/mol. The number of hydrogen-bond donors (Lipinski definition) is 0. The molecule has 1 nitrogen and oxygen atoms in total. The molecule has 1 rings (SSSR count). The molecule has 1 aromatic rings. The summed E-state index contributed by atoms with van der Waals surface area (Å²) in [7, 11) is -0.821. The SMILES string of the molecule is Cc1ccccc1OP(C)Cl. The predicted molar refractivity (Wildman–Crippen MR) is 50.5 cm³/mol. The normalized spacial score (nSPS) is 12.6. The maximum Gasteiger partial charge on any atom is 0.179 e. The molecule has 0 aliphatic carbocycles. The van der Waals surface area contributed by atoms with Gasteiger partial charge in [0.2, 0.25) is 0 Å². The van der Waals surface area contributed by atoms with Crippen molar-refractivity contribution in [1.82, 2.24) is 0 Å². The van der Waals surface area contributed by atoms with E-state index in [4.69, 9.17) is 15.8 Å². The highest BCUT2D eigenvalue weighted by molar-refractivity contribution is 7.79. The van der Waals surface area contributed by atoms with Crippen LogP contribution in [0.25, 0.3) is 0 Å². The Bertz CT molecular complexity index is 237. The molecular formula is C8H10ClOP. The first-order valence-corrected chi connectivity index (χ1v) is 5.94. The largest absolute Gasteiger partial charge is 0.458 e. The molecule has 0 N–H and O–H groups in total. The second-order valence-corrected chi connectivity index (χ2v) is 4.73.